The predicted molar refractivity (Wildman–Crippen MR) is 129 cm³/mol. The van der Waals surface area contributed by atoms with Crippen molar-refractivity contribution in [2.45, 2.75) is 13.0 Å². The maximum Gasteiger partial charge on any atom is 0.300 e. The molecular weight excluding hydrogens is 434 g/mol. The number of methoxy groups -OCH3 is 3. The minimum absolute atomic E-state index is 0.0387. The molecule has 1 atom stereocenters. The van der Waals surface area contributed by atoms with Crippen molar-refractivity contribution < 1.29 is 28.9 Å². The molecule has 1 amide bonds. The van der Waals surface area contributed by atoms with Gasteiger partial charge < -0.3 is 19.3 Å². The summed E-state index contributed by atoms with van der Waals surface area (Å²) in [5.41, 5.74) is 2.35. The maximum absolute atomic E-state index is 13.3. The van der Waals surface area contributed by atoms with E-state index in [4.69, 9.17) is 14.2 Å². The van der Waals surface area contributed by atoms with Crippen molar-refractivity contribution in [1.82, 2.24) is 0 Å². The topological polar surface area (TPSA) is 85.3 Å². The van der Waals surface area contributed by atoms with Crippen LogP contribution in [0.15, 0.2) is 72.3 Å². The van der Waals surface area contributed by atoms with Gasteiger partial charge in [-0.1, -0.05) is 24.3 Å². The van der Waals surface area contributed by atoms with Gasteiger partial charge in [-0.3, -0.25) is 14.5 Å². The van der Waals surface area contributed by atoms with Crippen molar-refractivity contribution in [3.63, 3.8) is 0 Å². The van der Waals surface area contributed by atoms with Crippen molar-refractivity contribution >= 4 is 23.1 Å². The fourth-order valence-electron chi connectivity index (χ4n) is 4.12. The molecule has 7 heteroatoms. The minimum Gasteiger partial charge on any atom is -0.507 e. The first kappa shape index (κ1) is 22.9. The third kappa shape index (κ3) is 3.96. The number of carbonyl (C=O) groups excluding carboxylic acids is 2. The van der Waals surface area contributed by atoms with E-state index in [1.807, 2.05) is 25.1 Å². The lowest BCUT2D eigenvalue weighted by Gasteiger charge is -2.26. The van der Waals surface area contributed by atoms with Crippen molar-refractivity contribution in [2.75, 3.05) is 26.2 Å². The summed E-state index contributed by atoms with van der Waals surface area (Å²) in [5, 5.41) is 11.4. The first-order valence-corrected chi connectivity index (χ1v) is 10.6. The zero-order chi connectivity index (χ0) is 24.4. The molecule has 0 spiro atoms. The Kier molecular flexibility index (Phi) is 6.27. The number of ketones is 1. The van der Waals surface area contributed by atoms with Crippen molar-refractivity contribution in [3.05, 3.63) is 89.0 Å². The summed E-state index contributed by atoms with van der Waals surface area (Å²) in [5.74, 6) is -0.417. The van der Waals surface area contributed by atoms with E-state index in [-0.39, 0.29) is 16.9 Å². The average molecular weight is 459 g/mol. The van der Waals surface area contributed by atoms with Gasteiger partial charge in [0.1, 0.15) is 23.0 Å². The molecule has 0 aliphatic carbocycles. The number of hydrogen-bond donors (Lipinski definition) is 1. The van der Waals surface area contributed by atoms with E-state index >= 15 is 0 Å². The second kappa shape index (κ2) is 9.31. The number of carbonyl (C=O) groups is 2. The number of hydrogen-bond acceptors (Lipinski definition) is 6. The van der Waals surface area contributed by atoms with Gasteiger partial charge in [0.15, 0.2) is 0 Å². The number of aliphatic hydroxyl groups is 1. The van der Waals surface area contributed by atoms with Crippen molar-refractivity contribution in [2.24, 2.45) is 0 Å². The number of amides is 1. The predicted octanol–water partition coefficient (Wildman–Crippen LogP) is 4.65. The molecule has 34 heavy (non-hydrogen) atoms. The van der Waals surface area contributed by atoms with Crippen LogP contribution in [0.5, 0.6) is 17.2 Å². The molecule has 3 aromatic carbocycles. The summed E-state index contributed by atoms with van der Waals surface area (Å²) in [6.45, 7) is 1.91. The van der Waals surface area contributed by atoms with E-state index in [1.165, 1.54) is 19.1 Å². The van der Waals surface area contributed by atoms with Gasteiger partial charge in [0.2, 0.25) is 0 Å². The Labute approximate surface area is 197 Å². The van der Waals surface area contributed by atoms with Crippen LogP contribution in [0, 0.1) is 6.92 Å². The van der Waals surface area contributed by atoms with Gasteiger partial charge in [-0.05, 0) is 60.5 Å². The molecular formula is C27H25NO6. The lowest BCUT2D eigenvalue weighted by molar-refractivity contribution is -0.132. The lowest BCUT2D eigenvalue weighted by atomic mass is 9.94. The second-order valence-electron chi connectivity index (χ2n) is 7.85. The summed E-state index contributed by atoms with van der Waals surface area (Å²) in [7, 11) is 4.52. The summed E-state index contributed by atoms with van der Waals surface area (Å²) in [6, 6.07) is 18.4. The number of aliphatic hydroxyl groups excluding tert-OH is 1. The van der Waals surface area contributed by atoms with E-state index in [0.29, 0.717) is 28.5 Å². The summed E-state index contributed by atoms with van der Waals surface area (Å²) >= 11 is 0. The van der Waals surface area contributed by atoms with Gasteiger partial charge in [0.25, 0.3) is 11.7 Å². The Bertz CT molecular complexity index is 1280. The normalized spacial score (nSPS) is 17.1. The van der Waals surface area contributed by atoms with Crippen LogP contribution in [-0.2, 0) is 9.59 Å². The molecule has 174 valence electrons. The molecule has 4 rings (SSSR count). The zero-order valence-electron chi connectivity index (χ0n) is 19.4. The Morgan fingerprint density at radius 2 is 1.53 bits per heavy atom. The van der Waals surface area contributed by atoms with Gasteiger partial charge in [-0.2, -0.15) is 0 Å². The molecule has 1 aliphatic heterocycles. The molecule has 1 heterocycles. The Morgan fingerprint density at radius 1 is 0.853 bits per heavy atom. The van der Waals surface area contributed by atoms with Gasteiger partial charge in [-0.15, -0.1) is 0 Å². The summed E-state index contributed by atoms with van der Waals surface area (Å²) in [6.07, 6.45) is 0. The van der Waals surface area contributed by atoms with Gasteiger partial charge in [0.05, 0.1) is 38.5 Å². The zero-order valence-corrected chi connectivity index (χ0v) is 19.4. The fourth-order valence-corrected chi connectivity index (χ4v) is 4.12. The highest BCUT2D eigenvalue weighted by Gasteiger charge is 2.47. The number of rotatable bonds is 6. The number of benzene rings is 3. The fraction of sp³-hybridized carbons (Fsp3) is 0.185. The number of anilines is 1. The van der Waals surface area contributed by atoms with Crippen LogP contribution in [0.25, 0.3) is 5.76 Å². The quantitative estimate of drug-likeness (QED) is 0.328. The van der Waals surface area contributed by atoms with Crippen molar-refractivity contribution in [3.8, 4) is 17.2 Å². The molecule has 0 saturated carbocycles. The van der Waals surface area contributed by atoms with Crippen LogP contribution in [0.1, 0.15) is 22.7 Å². The first-order chi connectivity index (χ1) is 16.4. The molecule has 3 aromatic rings. The highest BCUT2D eigenvalue weighted by Crippen LogP contribution is 2.44. The number of Topliss-reactive ketones (excluding diaryl/α,β-unsaturated/α-hetero) is 1. The van der Waals surface area contributed by atoms with E-state index in [1.54, 1.807) is 55.6 Å². The highest BCUT2D eigenvalue weighted by molar-refractivity contribution is 6.51. The maximum atomic E-state index is 13.3. The molecule has 1 N–H and O–H groups in total. The lowest BCUT2D eigenvalue weighted by Crippen LogP contribution is -2.29. The number of ether oxygens (including phenoxy) is 3. The molecule has 1 saturated heterocycles. The monoisotopic (exact) mass is 459 g/mol. The largest absolute Gasteiger partial charge is 0.507 e. The molecule has 7 nitrogen and oxygen atoms in total. The molecule has 1 fully saturated rings. The van der Waals surface area contributed by atoms with Crippen LogP contribution >= 0.6 is 0 Å². The molecule has 0 radical (unpaired) electrons. The number of aryl methyl sites for hydroxylation is 1. The van der Waals surface area contributed by atoms with Crippen LogP contribution in [0.4, 0.5) is 5.69 Å². The highest BCUT2D eigenvalue weighted by atomic mass is 16.5. The summed E-state index contributed by atoms with van der Waals surface area (Å²) in [4.78, 5) is 28.1. The standard InChI is InChI=1S/C27H25NO6/c1-16-6-5-7-18(14-16)28-24(17-8-10-19(32-2)11-9-17)23(26(30)27(28)31)25(29)21-15-20(33-3)12-13-22(21)34-4/h5-15,24,29H,1-4H3/b25-23+. The average Bonchev–Trinajstić information content (AvgIpc) is 3.13. The Balaban J connectivity index is 1.98. The third-order valence-electron chi connectivity index (χ3n) is 5.82. The summed E-state index contributed by atoms with van der Waals surface area (Å²) < 4.78 is 16.0. The Morgan fingerprint density at radius 3 is 2.15 bits per heavy atom. The molecule has 1 unspecified atom stereocenters. The van der Waals surface area contributed by atoms with Gasteiger partial charge in [-0.25, -0.2) is 0 Å². The van der Waals surface area contributed by atoms with Crippen LogP contribution < -0.4 is 19.1 Å². The van der Waals surface area contributed by atoms with Crippen LogP contribution in [-0.4, -0.2) is 38.1 Å². The SMILES string of the molecule is COc1ccc(C2/C(=C(\O)c3cc(OC)ccc3OC)C(=O)C(=O)N2c2cccc(C)c2)cc1. The molecule has 0 bridgehead atoms. The van der Waals surface area contributed by atoms with E-state index in [9.17, 15) is 14.7 Å². The van der Waals surface area contributed by atoms with E-state index in [2.05, 4.69) is 0 Å². The second-order valence-corrected chi connectivity index (χ2v) is 7.85. The van der Waals surface area contributed by atoms with E-state index in [0.717, 1.165) is 5.56 Å². The van der Waals surface area contributed by atoms with Gasteiger partial charge >= 0.3 is 0 Å². The van der Waals surface area contributed by atoms with Crippen LogP contribution in [0.3, 0.4) is 0 Å². The van der Waals surface area contributed by atoms with E-state index < -0.39 is 17.7 Å². The van der Waals surface area contributed by atoms with Gasteiger partial charge in [0, 0.05) is 5.69 Å². The third-order valence-corrected chi connectivity index (χ3v) is 5.82. The Hall–Kier alpha value is -4.26. The molecule has 1 aliphatic rings. The molecule has 0 aromatic heterocycles. The van der Waals surface area contributed by atoms with Crippen molar-refractivity contribution in [1.29, 1.82) is 0 Å². The smallest absolute Gasteiger partial charge is 0.300 e. The first-order valence-electron chi connectivity index (χ1n) is 10.6. The minimum atomic E-state index is -0.858. The van der Waals surface area contributed by atoms with Crippen LogP contribution in [0.2, 0.25) is 0 Å². The number of nitrogens with zero attached hydrogens (tertiary/aromatic N) is 1.